The standard InChI is InChI=1S/C17H15N3O/c21-17(13-7-11-3-1-2-4-12(11)8-13)19-15-5-6-16-14(9-15)10-18-20-16/h1-6,9-10,13H,7-8H2,(H,18,20)(H,19,21). The third-order valence-corrected chi connectivity index (χ3v) is 4.13. The third kappa shape index (κ3) is 2.18. The van der Waals surface area contributed by atoms with Crippen LogP contribution in [0.3, 0.4) is 0 Å². The van der Waals surface area contributed by atoms with Crippen molar-refractivity contribution >= 4 is 22.5 Å². The number of anilines is 1. The number of fused-ring (bicyclic) bond motifs is 2. The van der Waals surface area contributed by atoms with Gasteiger partial charge in [0.05, 0.1) is 11.7 Å². The van der Waals surface area contributed by atoms with E-state index in [-0.39, 0.29) is 11.8 Å². The van der Waals surface area contributed by atoms with Gasteiger partial charge in [-0.15, -0.1) is 0 Å². The van der Waals surface area contributed by atoms with Crippen LogP contribution < -0.4 is 5.32 Å². The number of nitrogens with one attached hydrogen (secondary N) is 2. The van der Waals surface area contributed by atoms with Crippen molar-refractivity contribution in [2.24, 2.45) is 5.92 Å². The van der Waals surface area contributed by atoms with Crippen LogP contribution in [0.25, 0.3) is 10.9 Å². The summed E-state index contributed by atoms with van der Waals surface area (Å²) in [5.41, 5.74) is 4.39. The van der Waals surface area contributed by atoms with Gasteiger partial charge in [0.1, 0.15) is 0 Å². The molecule has 0 bridgehead atoms. The van der Waals surface area contributed by atoms with Crippen LogP contribution in [0, 0.1) is 5.92 Å². The Morgan fingerprint density at radius 3 is 2.67 bits per heavy atom. The number of amides is 1. The Morgan fingerprint density at radius 2 is 1.90 bits per heavy atom. The highest BCUT2D eigenvalue weighted by atomic mass is 16.1. The number of H-pyrrole nitrogens is 1. The minimum Gasteiger partial charge on any atom is -0.326 e. The maximum Gasteiger partial charge on any atom is 0.228 e. The molecule has 0 radical (unpaired) electrons. The fourth-order valence-corrected chi connectivity index (χ4v) is 3.01. The highest BCUT2D eigenvalue weighted by Crippen LogP contribution is 2.27. The van der Waals surface area contributed by atoms with Gasteiger partial charge in [-0.3, -0.25) is 9.89 Å². The molecule has 1 aliphatic rings. The maximum atomic E-state index is 12.4. The van der Waals surface area contributed by atoms with Gasteiger partial charge < -0.3 is 5.32 Å². The highest BCUT2D eigenvalue weighted by Gasteiger charge is 2.26. The molecule has 2 aromatic carbocycles. The predicted octanol–water partition coefficient (Wildman–Crippen LogP) is 2.92. The van der Waals surface area contributed by atoms with Crippen molar-refractivity contribution in [3.05, 3.63) is 59.8 Å². The number of carbonyl (C=O) groups excluding carboxylic acids is 1. The predicted molar refractivity (Wildman–Crippen MR) is 82.1 cm³/mol. The van der Waals surface area contributed by atoms with E-state index in [1.165, 1.54) is 11.1 Å². The van der Waals surface area contributed by atoms with Crippen molar-refractivity contribution in [2.45, 2.75) is 12.8 Å². The molecule has 4 nitrogen and oxygen atoms in total. The Kier molecular flexibility index (Phi) is 2.74. The second-order valence-corrected chi connectivity index (χ2v) is 5.54. The van der Waals surface area contributed by atoms with Gasteiger partial charge in [-0.05, 0) is 42.2 Å². The van der Waals surface area contributed by atoms with E-state index in [4.69, 9.17) is 0 Å². The summed E-state index contributed by atoms with van der Waals surface area (Å²) in [6.07, 6.45) is 3.42. The molecular formula is C17H15N3O. The van der Waals surface area contributed by atoms with Crippen LogP contribution in [-0.2, 0) is 17.6 Å². The Balaban J connectivity index is 1.51. The molecule has 1 amide bonds. The van der Waals surface area contributed by atoms with Crippen molar-refractivity contribution in [2.75, 3.05) is 5.32 Å². The number of hydrogen-bond donors (Lipinski definition) is 2. The van der Waals surface area contributed by atoms with Crippen molar-refractivity contribution in [3.63, 3.8) is 0 Å². The minimum absolute atomic E-state index is 0.0300. The van der Waals surface area contributed by atoms with Crippen LogP contribution in [0.4, 0.5) is 5.69 Å². The summed E-state index contributed by atoms with van der Waals surface area (Å²) in [6, 6.07) is 14.1. The Morgan fingerprint density at radius 1 is 1.14 bits per heavy atom. The van der Waals surface area contributed by atoms with E-state index in [1.807, 2.05) is 30.3 Å². The molecule has 0 saturated heterocycles. The van der Waals surface area contributed by atoms with Crippen molar-refractivity contribution in [1.29, 1.82) is 0 Å². The highest BCUT2D eigenvalue weighted by molar-refractivity contribution is 5.95. The van der Waals surface area contributed by atoms with E-state index < -0.39 is 0 Å². The van der Waals surface area contributed by atoms with Crippen molar-refractivity contribution in [3.8, 4) is 0 Å². The molecular weight excluding hydrogens is 262 g/mol. The lowest BCUT2D eigenvalue weighted by atomic mass is 10.1. The summed E-state index contributed by atoms with van der Waals surface area (Å²) < 4.78 is 0. The van der Waals surface area contributed by atoms with Crippen LogP contribution in [0.15, 0.2) is 48.7 Å². The van der Waals surface area contributed by atoms with Gasteiger partial charge >= 0.3 is 0 Å². The maximum absolute atomic E-state index is 12.4. The number of aromatic nitrogens is 2. The smallest absolute Gasteiger partial charge is 0.228 e. The molecule has 0 fully saturated rings. The normalized spacial score (nSPS) is 14.3. The average Bonchev–Trinajstić information content (AvgIpc) is 3.13. The number of rotatable bonds is 2. The van der Waals surface area contributed by atoms with Crippen LogP contribution in [0.1, 0.15) is 11.1 Å². The quantitative estimate of drug-likeness (QED) is 0.756. The van der Waals surface area contributed by atoms with E-state index in [1.54, 1.807) is 6.20 Å². The molecule has 0 atom stereocenters. The van der Waals surface area contributed by atoms with Gasteiger partial charge in [-0.25, -0.2) is 0 Å². The van der Waals surface area contributed by atoms with Gasteiger partial charge in [0.15, 0.2) is 0 Å². The molecule has 0 spiro atoms. The summed E-state index contributed by atoms with van der Waals surface area (Å²) in [5.74, 6) is 0.122. The zero-order valence-electron chi connectivity index (χ0n) is 11.5. The SMILES string of the molecule is O=C(Nc1ccc2[nH]ncc2c1)C1Cc2ccccc2C1. The molecule has 2 N–H and O–H groups in total. The molecule has 1 heterocycles. The van der Waals surface area contributed by atoms with Gasteiger partial charge in [0.2, 0.25) is 5.91 Å². The summed E-state index contributed by atoms with van der Waals surface area (Å²) >= 11 is 0. The first-order valence-electron chi connectivity index (χ1n) is 7.10. The first-order chi connectivity index (χ1) is 10.3. The number of benzene rings is 2. The van der Waals surface area contributed by atoms with Crippen molar-refractivity contribution in [1.82, 2.24) is 10.2 Å². The lowest BCUT2D eigenvalue weighted by molar-refractivity contribution is -0.119. The van der Waals surface area contributed by atoms with E-state index in [0.29, 0.717) is 0 Å². The fraction of sp³-hybridized carbons (Fsp3) is 0.176. The fourth-order valence-electron chi connectivity index (χ4n) is 3.01. The lowest BCUT2D eigenvalue weighted by Gasteiger charge is -2.10. The van der Waals surface area contributed by atoms with E-state index >= 15 is 0 Å². The monoisotopic (exact) mass is 277 g/mol. The largest absolute Gasteiger partial charge is 0.326 e. The average molecular weight is 277 g/mol. The summed E-state index contributed by atoms with van der Waals surface area (Å²) in [4.78, 5) is 12.4. The number of carbonyl (C=O) groups is 1. The van der Waals surface area contributed by atoms with Crippen molar-refractivity contribution < 1.29 is 4.79 Å². The molecule has 104 valence electrons. The zero-order valence-corrected chi connectivity index (χ0v) is 11.5. The van der Waals surface area contributed by atoms with Crippen LogP contribution in [0.2, 0.25) is 0 Å². The minimum atomic E-state index is 0.0300. The molecule has 21 heavy (non-hydrogen) atoms. The van der Waals surface area contributed by atoms with Gasteiger partial charge in [-0.2, -0.15) is 5.10 Å². The van der Waals surface area contributed by atoms with E-state index in [9.17, 15) is 4.79 Å². The van der Waals surface area contributed by atoms with Gasteiger partial charge in [-0.1, -0.05) is 24.3 Å². The molecule has 1 aliphatic carbocycles. The topological polar surface area (TPSA) is 57.8 Å². The van der Waals surface area contributed by atoms with E-state index in [2.05, 4.69) is 27.6 Å². The Labute approximate surface area is 122 Å². The van der Waals surface area contributed by atoms with E-state index in [0.717, 1.165) is 29.4 Å². The number of hydrogen-bond acceptors (Lipinski definition) is 2. The Hall–Kier alpha value is -2.62. The second kappa shape index (κ2) is 4.74. The molecule has 0 saturated carbocycles. The molecule has 4 rings (SSSR count). The molecule has 4 heteroatoms. The zero-order chi connectivity index (χ0) is 14.2. The van der Waals surface area contributed by atoms with Crippen LogP contribution in [0.5, 0.6) is 0 Å². The van der Waals surface area contributed by atoms with Gasteiger partial charge in [0, 0.05) is 17.0 Å². The second-order valence-electron chi connectivity index (χ2n) is 5.54. The summed E-state index contributed by atoms with van der Waals surface area (Å²) in [5, 5.41) is 10.9. The number of aromatic amines is 1. The first-order valence-corrected chi connectivity index (χ1v) is 7.10. The Bertz CT molecular complexity index is 797. The third-order valence-electron chi connectivity index (χ3n) is 4.13. The van der Waals surface area contributed by atoms with Gasteiger partial charge in [0.25, 0.3) is 0 Å². The molecule has 1 aromatic heterocycles. The van der Waals surface area contributed by atoms with Crippen LogP contribution in [-0.4, -0.2) is 16.1 Å². The summed E-state index contributed by atoms with van der Waals surface area (Å²) in [6.45, 7) is 0. The lowest BCUT2D eigenvalue weighted by Crippen LogP contribution is -2.23. The molecule has 0 unspecified atom stereocenters. The first kappa shape index (κ1) is 12.1. The molecule has 0 aliphatic heterocycles. The molecule has 3 aromatic rings. The van der Waals surface area contributed by atoms with Crippen LogP contribution >= 0.6 is 0 Å². The number of nitrogens with zero attached hydrogens (tertiary/aromatic N) is 1. The summed E-state index contributed by atoms with van der Waals surface area (Å²) in [7, 11) is 0.